The van der Waals surface area contributed by atoms with Crippen molar-refractivity contribution in [1.29, 1.82) is 0 Å². The van der Waals surface area contributed by atoms with Crippen molar-refractivity contribution in [1.82, 2.24) is 0 Å². The highest BCUT2D eigenvalue weighted by molar-refractivity contribution is 6.17. The largest absolute Gasteiger partial charge is 0.494 e. The summed E-state index contributed by atoms with van der Waals surface area (Å²) in [5, 5.41) is 0. The average molecular weight is 401 g/mol. The molecule has 0 bridgehead atoms. The first kappa shape index (κ1) is 18.9. The molecule has 0 saturated carbocycles. The van der Waals surface area contributed by atoms with E-state index in [1.807, 2.05) is 42.5 Å². The molecule has 2 aromatic carbocycles. The summed E-state index contributed by atoms with van der Waals surface area (Å²) in [6.45, 7) is 2.99. The van der Waals surface area contributed by atoms with Gasteiger partial charge in [0, 0.05) is 43.2 Å². The maximum absolute atomic E-state index is 12.4. The summed E-state index contributed by atoms with van der Waals surface area (Å²) in [5.74, 6) is 1.48. The zero-order chi connectivity index (χ0) is 19.4. The maximum Gasteiger partial charge on any atom is 0.415 e. The second-order valence-corrected chi connectivity index (χ2v) is 7.72. The molecule has 4 rings (SSSR count). The zero-order valence-corrected chi connectivity index (χ0v) is 16.6. The number of nitrogens with zero attached hydrogens (tertiary/aromatic N) is 2. The van der Waals surface area contributed by atoms with E-state index < -0.39 is 0 Å². The number of anilines is 2. The van der Waals surface area contributed by atoms with E-state index in [1.54, 1.807) is 4.90 Å². The Kier molecular flexibility index (Phi) is 5.62. The lowest BCUT2D eigenvalue weighted by Gasteiger charge is -2.38. The molecule has 28 heavy (non-hydrogen) atoms. The topological polar surface area (TPSA) is 42.0 Å². The third kappa shape index (κ3) is 4.04. The second-order valence-electron chi connectivity index (χ2n) is 7.34. The summed E-state index contributed by atoms with van der Waals surface area (Å²) in [6.07, 6.45) is 2.26. The minimum absolute atomic E-state index is 0.238. The lowest BCUT2D eigenvalue weighted by atomic mass is 9.91. The predicted molar refractivity (Wildman–Crippen MR) is 112 cm³/mol. The molecule has 1 amide bonds. The summed E-state index contributed by atoms with van der Waals surface area (Å²) in [6, 6.07) is 17.9. The van der Waals surface area contributed by atoms with Gasteiger partial charge in [0.05, 0.1) is 13.2 Å². The van der Waals surface area contributed by atoms with E-state index in [4.69, 9.17) is 21.1 Å². The van der Waals surface area contributed by atoms with E-state index in [0.29, 0.717) is 19.0 Å². The van der Waals surface area contributed by atoms with Crippen LogP contribution in [0, 0.1) is 0 Å². The summed E-state index contributed by atoms with van der Waals surface area (Å²) in [4.78, 5) is 16.5. The first-order valence-corrected chi connectivity index (χ1v) is 10.3. The quantitative estimate of drug-likeness (QED) is 0.521. The van der Waals surface area contributed by atoms with Crippen LogP contribution in [0.4, 0.5) is 16.2 Å². The van der Waals surface area contributed by atoms with Gasteiger partial charge in [-0.3, -0.25) is 4.90 Å². The van der Waals surface area contributed by atoms with Crippen molar-refractivity contribution in [3.63, 3.8) is 0 Å². The number of halogens is 1. The van der Waals surface area contributed by atoms with Gasteiger partial charge in [0.2, 0.25) is 0 Å². The Morgan fingerprint density at radius 2 is 1.71 bits per heavy atom. The van der Waals surface area contributed by atoms with Crippen molar-refractivity contribution in [2.75, 3.05) is 41.9 Å². The first-order chi connectivity index (χ1) is 13.7. The summed E-state index contributed by atoms with van der Waals surface area (Å²) >= 11 is 5.68. The zero-order valence-electron chi connectivity index (χ0n) is 15.9. The molecule has 148 valence electrons. The van der Waals surface area contributed by atoms with Crippen molar-refractivity contribution in [3.05, 3.63) is 54.6 Å². The number of para-hydroxylation sites is 1. The van der Waals surface area contributed by atoms with E-state index in [2.05, 4.69) is 17.0 Å². The SMILES string of the molecule is O=C1OC2(CCN(c3ccc(OCCCCl)cc3)CC2)CN1c1ccccc1. The number of amides is 1. The van der Waals surface area contributed by atoms with Gasteiger partial charge in [0.15, 0.2) is 0 Å². The molecule has 0 unspecified atom stereocenters. The fourth-order valence-corrected chi connectivity index (χ4v) is 3.97. The number of rotatable bonds is 6. The number of benzene rings is 2. The van der Waals surface area contributed by atoms with Gasteiger partial charge in [-0.05, 0) is 42.8 Å². The van der Waals surface area contributed by atoms with E-state index in [1.165, 1.54) is 5.69 Å². The molecule has 2 fully saturated rings. The Hall–Kier alpha value is -2.40. The molecule has 2 heterocycles. The van der Waals surface area contributed by atoms with Crippen molar-refractivity contribution in [2.45, 2.75) is 24.9 Å². The van der Waals surface area contributed by atoms with Crippen molar-refractivity contribution >= 4 is 29.1 Å². The standard InChI is InChI=1S/C22H25ClN2O3/c23-13-4-16-27-20-9-7-18(8-10-20)24-14-11-22(12-15-24)17-25(21(26)28-22)19-5-2-1-3-6-19/h1-3,5-10H,4,11-17H2. The molecule has 6 heteroatoms. The number of alkyl halides is 1. The van der Waals surface area contributed by atoms with Crippen LogP contribution in [0.25, 0.3) is 0 Å². The van der Waals surface area contributed by atoms with Gasteiger partial charge in [-0.15, -0.1) is 11.6 Å². The number of hydrogen-bond acceptors (Lipinski definition) is 4. The van der Waals surface area contributed by atoms with Crippen LogP contribution in [0.2, 0.25) is 0 Å². The average Bonchev–Trinajstić information content (AvgIpc) is 3.06. The van der Waals surface area contributed by atoms with Crippen LogP contribution in [0.15, 0.2) is 54.6 Å². The van der Waals surface area contributed by atoms with Crippen LogP contribution in [-0.4, -0.2) is 43.8 Å². The normalized spacial score (nSPS) is 18.4. The third-order valence-electron chi connectivity index (χ3n) is 5.46. The number of ether oxygens (including phenoxy) is 2. The van der Waals surface area contributed by atoms with Crippen molar-refractivity contribution in [3.8, 4) is 5.75 Å². The van der Waals surface area contributed by atoms with Gasteiger partial charge in [0.1, 0.15) is 11.4 Å². The molecule has 2 aromatic rings. The Labute approximate surface area is 170 Å². The van der Waals surface area contributed by atoms with Crippen LogP contribution in [-0.2, 0) is 4.74 Å². The minimum Gasteiger partial charge on any atom is -0.494 e. The molecule has 2 aliphatic heterocycles. The Bertz CT molecular complexity index is 789. The van der Waals surface area contributed by atoms with Gasteiger partial charge in [-0.2, -0.15) is 0 Å². The monoisotopic (exact) mass is 400 g/mol. The highest BCUT2D eigenvalue weighted by Crippen LogP contribution is 2.37. The summed E-state index contributed by atoms with van der Waals surface area (Å²) in [7, 11) is 0. The predicted octanol–water partition coefficient (Wildman–Crippen LogP) is 4.69. The second kappa shape index (κ2) is 8.31. The molecule has 0 N–H and O–H groups in total. The highest BCUT2D eigenvalue weighted by atomic mass is 35.5. The van der Waals surface area contributed by atoms with Gasteiger partial charge >= 0.3 is 6.09 Å². The van der Waals surface area contributed by atoms with Crippen LogP contribution < -0.4 is 14.5 Å². The van der Waals surface area contributed by atoms with Gasteiger partial charge < -0.3 is 14.4 Å². The molecule has 0 aliphatic carbocycles. The lowest BCUT2D eigenvalue weighted by molar-refractivity contribution is 0.0367. The van der Waals surface area contributed by atoms with Crippen LogP contribution in [0.5, 0.6) is 5.75 Å². The molecule has 0 radical (unpaired) electrons. The first-order valence-electron chi connectivity index (χ1n) is 9.78. The Balaban J connectivity index is 1.35. The number of carbonyl (C=O) groups is 1. The molecular formula is C22H25ClN2O3. The smallest absolute Gasteiger partial charge is 0.415 e. The Morgan fingerprint density at radius 3 is 2.39 bits per heavy atom. The fourth-order valence-electron chi connectivity index (χ4n) is 3.86. The fraction of sp³-hybridized carbons (Fsp3) is 0.409. The third-order valence-corrected chi connectivity index (χ3v) is 5.73. The lowest BCUT2D eigenvalue weighted by Crippen LogP contribution is -2.47. The van der Waals surface area contributed by atoms with Crippen LogP contribution in [0.1, 0.15) is 19.3 Å². The van der Waals surface area contributed by atoms with Gasteiger partial charge in [0.25, 0.3) is 0 Å². The Morgan fingerprint density at radius 1 is 1.00 bits per heavy atom. The van der Waals surface area contributed by atoms with Gasteiger partial charge in [-0.1, -0.05) is 18.2 Å². The van der Waals surface area contributed by atoms with E-state index in [9.17, 15) is 4.79 Å². The van der Waals surface area contributed by atoms with E-state index in [0.717, 1.165) is 43.8 Å². The molecule has 0 atom stereocenters. The van der Waals surface area contributed by atoms with Crippen LogP contribution >= 0.6 is 11.6 Å². The number of carbonyl (C=O) groups excluding carboxylic acids is 1. The van der Waals surface area contributed by atoms with Crippen LogP contribution in [0.3, 0.4) is 0 Å². The summed E-state index contributed by atoms with van der Waals surface area (Å²) < 4.78 is 11.5. The van der Waals surface area contributed by atoms with Crippen molar-refractivity contribution < 1.29 is 14.3 Å². The highest BCUT2D eigenvalue weighted by Gasteiger charge is 2.47. The number of hydrogen-bond donors (Lipinski definition) is 0. The van der Waals surface area contributed by atoms with Gasteiger partial charge in [-0.25, -0.2) is 4.79 Å². The molecule has 2 saturated heterocycles. The van der Waals surface area contributed by atoms with Crippen molar-refractivity contribution in [2.24, 2.45) is 0 Å². The maximum atomic E-state index is 12.4. The number of piperidine rings is 1. The molecule has 2 aliphatic rings. The summed E-state index contributed by atoms with van der Waals surface area (Å²) in [5.41, 5.74) is 1.69. The van der Waals surface area contributed by atoms with E-state index in [-0.39, 0.29) is 11.7 Å². The molecular weight excluding hydrogens is 376 g/mol. The molecule has 1 spiro atoms. The molecule has 5 nitrogen and oxygen atoms in total. The molecule has 0 aromatic heterocycles. The minimum atomic E-state index is -0.381. The van der Waals surface area contributed by atoms with E-state index >= 15 is 0 Å².